The fourth-order valence-electron chi connectivity index (χ4n) is 1.16. The number of carbonyl (C=O) groups excluding carboxylic acids is 1. The van der Waals surface area contributed by atoms with Gasteiger partial charge < -0.3 is 10.5 Å². The molecule has 0 aliphatic rings. The molecule has 15 heavy (non-hydrogen) atoms. The summed E-state index contributed by atoms with van der Waals surface area (Å²) >= 11 is 3.33. The summed E-state index contributed by atoms with van der Waals surface area (Å²) in [4.78, 5) is 15.2. The third-order valence-corrected chi connectivity index (χ3v) is 2.59. The zero-order valence-electron chi connectivity index (χ0n) is 8.45. The fourth-order valence-corrected chi connectivity index (χ4v) is 1.61. The highest BCUT2D eigenvalue weighted by atomic mass is 79.9. The van der Waals surface area contributed by atoms with E-state index in [0.717, 1.165) is 4.47 Å². The number of ether oxygens (including phenoxy) is 1. The minimum atomic E-state index is -0.453. The first-order valence-electron chi connectivity index (χ1n) is 4.20. The average Bonchev–Trinajstić information content (AvgIpc) is 2.23. The van der Waals surface area contributed by atoms with Crippen molar-refractivity contribution in [2.24, 2.45) is 4.99 Å². The summed E-state index contributed by atoms with van der Waals surface area (Å²) in [5.41, 5.74) is 7.21. The number of rotatable bonds is 2. The number of aliphatic imine (C=N–C) groups is 1. The van der Waals surface area contributed by atoms with E-state index in [2.05, 4.69) is 25.7 Å². The monoisotopic (exact) mass is 270 g/mol. The molecule has 5 heteroatoms. The van der Waals surface area contributed by atoms with Crippen LogP contribution in [0.15, 0.2) is 21.6 Å². The van der Waals surface area contributed by atoms with Crippen molar-refractivity contribution in [3.8, 4) is 0 Å². The number of nitrogen functional groups attached to an aromatic ring is 1. The van der Waals surface area contributed by atoms with Crippen LogP contribution in [0.2, 0.25) is 0 Å². The van der Waals surface area contributed by atoms with Crippen LogP contribution in [0.5, 0.6) is 0 Å². The summed E-state index contributed by atoms with van der Waals surface area (Å²) in [6.45, 7) is 0. The number of anilines is 1. The van der Waals surface area contributed by atoms with Gasteiger partial charge in [0.15, 0.2) is 0 Å². The maximum absolute atomic E-state index is 11.3. The first kappa shape index (κ1) is 11.7. The number of nitrogens with two attached hydrogens (primary N) is 1. The Bertz CT molecular complexity index is 416. The van der Waals surface area contributed by atoms with E-state index in [1.165, 1.54) is 7.11 Å². The largest absolute Gasteiger partial charge is 0.465 e. The lowest BCUT2D eigenvalue weighted by molar-refractivity contribution is 0.0602. The summed E-state index contributed by atoms with van der Waals surface area (Å²) in [5.74, 6) is -0.453. The molecular formula is C10H11BrN2O2. The van der Waals surface area contributed by atoms with Crippen molar-refractivity contribution in [2.75, 3.05) is 19.9 Å². The van der Waals surface area contributed by atoms with Crippen molar-refractivity contribution in [1.29, 1.82) is 0 Å². The highest BCUT2D eigenvalue weighted by molar-refractivity contribution is 9.10. The van der Waals surface area contributed by atoms with E-state index >= 15 is 0 Å². The van der Waals surface area contributed by atoms with Gasteiger partial charge in [0.05, 0.1) is 18.4 Å². The molecule has 0 aliphatic carbocycles. The van der Waals surface area contributed by atoms with Crippen LogP contribution in [0.4, 0.5) is 5.69 Å². The molecule has 0 fully saturated rings. The average molecular weight is 271 g/mol. The molecule has 0 spiro atoms. The van der Waals surface area contributed by atoms with Crippen LogP contribution in [-0.2, 0) is 4.74 Å². The molecule has 0 aliphatic heterocycles. The van der Waals surface area contributed by atoms with E-state index in [4.69, 9.17) is 5.73 Å². The molecule has 0 amide bonds. The third kappa shape index (κ3) is 2.36. The van der Waals surface area contributed by atoms with Gasteiger partial charge in [-0.15, -0.1) is 0 Å². The number of hydrogen-bond donors (Lipinski definition) is 1. The van der Waals surface area contributed by atoms with Crippen LogP contribution >= 0.6 is 15.9 Å². The summed E-state index contributed by atoms with van der Waals surface area (Å²) in [6.07, 6.45) is 1.59. The molecule has 0 aromatic heterocycles. The molecule has 0 heterocycles. The summed E-state index contributed by atoms with van der Waals surface area (Å²) in [6, 6.07) is 3.35. The molecule has 0 unspecified atom stereocenters. The van der Waals surface area contributed by atoms with Gasteiger partial charge in [-0.2, -0.15) is 0 Å². The standard InChI is InChI=1S/C10H11BrN2O2/c1-13-5-7-8(11)4-3-6(9(7)12)10(14)15-2/h3-5H,12H2,1-2H3. The lowest BCUT2D eigenvalue weighted by atomic mass is 10.1. The van der Waals surface area contributed by atoms with Crippen molar-refractivity contribution in [1.82, 2.24) is 0 Å². The Kier molecular flexibility index (Phi) is 3.85. The second-order valence-corrected chi connectivity index (χ2v) is 3.66. The fraction of sp³-hybridized carbons (Fsp3) is 0.200. The van der Waals surface area contributed by atoms with E-state index in [1.807, 2.05) is 0 Å². The van der Waals surface area contributed by atoms with E-state index in [1.54, 1.807) is 25.4 Å². The molecule has 80 valence electrons. The molecule has 1 aromatic carbocycles. The number of carbonyl (C=O) groups is 1. The van der Waals surface area contributed by atoms with Gasteiger partial charge in [0.2, 0.25) is 0 Å². The zero-order chi connectivity index (χ0) is 11.4. The van der Waals surface area contributed by atoms with Crippen LogP contribution in [0.1, 0.15) is 15.9 Å². The zero-order valence-corrected chi connectivity index (χ0v) is 10.0. The van der Waals surface area contributed by atoms with Crippen molar-refractivity contribution < 1.29 is 9.53 Å². The highest BCUT2D eigenvalue weighted by Crippen LogP contribution is 2.25. The predicted molar refractivity (Wildman–Crippen MR) is 63.4 cm³/mol. The summed E-state index contributed by atoms with van der Waals surface area (Å²) in [7, 11) is 2.95. The molecule has 4 nitrogen and oxygen atoms in total. The highest BCUT2D eigenvalue weighted by Gasteiger charge is 2.14. The number of benzene rings is 1. The summed E-state index contributed by atoms with van der Waals surface area (Å²) in [5, 5.41) is 0. The smallest absolute Gasteiger partial charge is 0.339 e. The number of esters is 1. The Hall–Kier alpha value is -1.36. The molecule has 2 N–H and O–H groups in total. The Balaban J connectivity index is 3.34. The van der Waals surface area contributed by atoms with Gasteiger partial charge in [-0.25, -0.2) is 4.79 Å². The van der Waals surface area contributed by atoms with Gasteiger partial charge in [-0.1, -0.05) is 15.9 Å². The second kappa shape index (κ2) is 4.93. The topological polar surface area (TPSA) is 64.7 Å². The summed E-state index contributed by atoms with van der Waals surface area (Å²) < 4.78 is 5.40. The molecule has 1 rings (SSSR count). The lowest BCUT2D eigenvalue weighted by Crippen LogP contribution is -2.08. The molecule has 0 saturated carbocycles. The van der Waals surface area contributed by atoms with E-state index in [9.17, 15) is 4.79 Å². The maximum atomic E-state index is 11.3. The first-order valence-corrected chi connectivity index (χ1v) is 4.99. The van der Waals surface area contributed by atoms with Gasteiger partial charge in [-0.05, 0) is 12.1 Å². The SMILES string of the molecule is CN=Cc1c(Br)ccc(C(=O)OC)c1N. The molecule has 0 atom stereocenters. The molecule has 0 saturated heterocycles. The van der Waals surface area contributed by atoms with Crippen molar-refractivity contribution in [2.45, 2.75) is 0 Å². The van der Waals surface area contributed by atoms with Gasteiger partial charge >= 0.3 is 5.97 Å². The van der Waals surface area contributed by atoms with E-state index in [-0.39, 0.29) is 0 Å². The first-order chi connectivity index (χ1) is 7.11. The van der Waals surface area contributed by atoms with Crippen molar-refractivity contribution in [3.05, 3.63) is 27.7 Å². The Labute approximate surface area is 96.3 Å². The molecule has 0 bridgehead atoms. The Morgan fingerprint density at radius 1 is 1.60 bits per heavy atom. The predicted octanol–water partition coefficient (Wildman–Crippen LogP) is 1.87. The molecule has 0 radical (unpaired) electrons. The minimum absolute atomic E-state index is 0.343. The van der Waals surface area contributed by atoms with Gasteiger partial charge in [0.1, 0.15) is 0 Å². The Morgan fingerprint density at radius 3 is 2.80 bits per heavy atom. The van der Waals surface area contributed by atoms with Gasteiger partial charge in [0.25, 0.3) is 0 Å². The Morgan fingerprint density at radius 2 is 2.27 bits per heavy atom. The molecular weight excluding hydrogens is 260 g/mol. The minimum Gasteiger partial charge on any atom is -0.465 e. The van der Waals surface area contributed by atoms with Crippen LogP contribution in [0.3, 0.4) is 0 Å². The second-order valence-electron chi connectivity index (χ2n) is 2.80. The quantitative estimate of drug-likeness (QED) is 0.507. The number of methoxy groups -OCH3 is 1. The number of halogens is 1. The van der Waals surface area contributed by atoms with E-state index in [0.29, 0.717) is 16.8 Å². The lowest BCUT2D eigenvalue weighted by Gasteiger charge is -2.08. The van der Waals surface area contributed by atoms with Crippen LogP contribution in [0, 0.1) is 0 Å². The maximum Gasteiger partial charge on any atom is 0.339 e. The van der Waals surface area contributed by atoms with Crippen LogP contribution < -0.4 is 5.73 Å². The normalized spacial score (nSPS) is 10.6. The third-order valence-electron chi connectivity index (χ3n) is 1.90. The van der Waals surface area contributed by atoms with Crippen LogP contribution in [0.25, 0.3) is 0 Å². The molecule has 1 aromatic rings. The van der Waals surface area contributed by atoms with Gasteiger partial charge in [0, 0.05) is 23.3 Å². The van der Waals surface area contributed by atoms with Gasteiger partial charge in [-0.3, -0.25) is 4.99 Å². The van der Waals surface area contributed by atoms with Crippen molar-refractivity contribution in [3.63, 3.8) is 0 Å². The van der Waals surface area contributed by atoms with E-state index < -0.39 is 5.97 Å². The van der Waals surface area contributed by atoms with Crippen LogP contribution in [-0.4, -0.2) is 26.3 Å². The number of hydrogen-bond acceptors (Lipinski definition) is 4. The number of nitrogens with zero attached hydrogens (tertiary/aromatic N) is 1. The van der Waals surface area contributed by atoms with Crippen molar-refractivity contribution >= 4 is 33.8 Å².